The number of hydrogen-bond donors (Lipinski definition) is 3. The smallest absolute Gasteiger partial charge is 0.251 e. The van der Waals surface area contributed by atoms with Gasteiger partial charge in [-0.2, -0.15) is 0 Å². The van der Waals surface area contributed by atoms with Crippen molar-refractivity contribution in [3.8, 4) is 0 Å². The second-order valence-corrected chi connectivity index (χ2v) is 5.32. The number of fused-ring (bicyclic) bond motifs is 1. The molecule has 1 aromatic heterocycles. The van der Waals surface area contributed by atoms with Crippen molar-refractivity contribution in [2.24, 2.45) is 11.7 Å². The van der Waals surface area contributed by atoms with E-state index in [9.17, 15) is 4.79 Å². The number of rotatable bonds is 5. The Morgan fingerprint density at radius 1 is 1.37 bits per heavy atom. The molecule has 4 nitrogen and oxygen atoms in total. The number of aromatic amines is 1. The minimum Gasteiger partial charge on any atom is -0.361 e. The molecule has 1 aromatic carbocycles. The molecule has 1 amide bonds. The summed E-state index contributed by atoms with van der Waals surface area (Å²) in [6.45, 7) is 4.72. The molecule has 0 radical (unpaired) electrons. The maximum Gasteiger partial charge on any atom is 0.251 e. The molecular formula is C15H21N3O. The number of amides is 1. The largest absolute Gasteiger partial charge is 0.361 e. The van der Waals surface area contributed by atoms with Gasteiger partial charge in [0.25, 0.3) is 5.91 Å². The summed E-state index contributed by atoms with van der Waals surface area (Å²) < 4.78 is 0. The van der Waals surface area contributed by atoms with Gasteiger partial charge >= 0.3 is 0 Å². The van der Waals surface area contributed by atoms with Crippen molar-refractivity contribution in [3.63, 3.8) is 0 Å². The Balaban J connectivity index is 2.09. The predicted octanol–water partition coefficient (Wildman–Crippen LogP) is 2.27. The molecular weight excluding hydrogens is 238 g/mol. The lowest BCUT2D eigenvalue weighted by Gasteiger charge is -2.18. The van der Waals surface area contributed by atoms with Gasteiger partial charge in [-0.25, -0.2) is 0 Å². The van der Waals surface area contributed by atoms with E-state index in [1.807, 2.05) is 30.5 Å². The van der Waals surface area contributed by atoms with E-state index in [2.05, 4.69) is 24.1 Å². The minimum absolute atomic E-state index is 0.0341. The highest BCUT2D eigenvalue weighted by Gasteiger charge is 2.14. The van der Waals surface area contributed by atoms with Gasteiger partial charge in [0.15, 0.2) is 0 Å². The first-order valence-electron chi connectivity index (χ1n) is 6.68. The number of aromatic nitrogens is 1. The maximum atomic E-state index is 12.2. The zero-order valence-electron chi connectivity index (χ0n) is 11.4. The Morgan fingerprint density at radius 2 is 2.16 bits per heavy atom. The lowest BCUT2D eigenvalue weighted by molar-refractivity contribution is 0.0934. The predicted molar refractivity (Wildman–Crippen MR) is 78.1 cm³/mol. The van der Waals surface area contributed by atoms with Gasteiger partial charge in [-0.15, -0.1) is 0 Å². The van der Waals surface area contributed by atoms with E-state index in [0.29, 0.717) is 18.0 Å². The van der Waals surface area contributed by atoms with Crippen LogP contribution in [0.3, 0.4) is 0 Å². The van der Waals surface area contributed by atoms with Crippen molar-refractivity contribution in [2.45, 2.75) is 26.3 Å². The summed E-state index contributed by atoms with van der Waals surface area (Å²) in [4.78, 5) is 15.3. The molecule has 0 saturated carbocycles. The van der Waals surface area contributed by atoms with Crippen LogP contribution in [0.25, 0.3) is 10.9 Å². The highest BCUT2D eigenvalue weighted by atomic mass is 16.1. The fraction of sp³-hybridized carbons (Fsp3) is 0.400. The van der Waals surface area contributed by atoms with Crippen LogP contribution in [-0.4, -0.2) is 23.5 Å². The summed E-state index contributed by atoms with van der Waals surface area (Å²) in [6, 6.07) is 7.67. The van der Waals surface area contributed by atoms with Crippen molar-refractivity contribution in [1.82, 2.24) is 10.3 Å². The quantitative estimate of drug-likeness (QED) is 0.771. The molecule has 0 spiro atoms. The molecule has 19 heavy (non-hydrogen) atoms. The summed E-state index contributed by atoms with van der Waals surface area (Å²) in [5.74, 6) is 0.451. The van der Waals surface area contributed by atoms with Gasteiger partial charge in [-0.05, 0) is 35.9 Å². The van der Waals surface area contributed by atoms with Crippen molar-refractivity contribution in [3.05, 3.63) is 36.0 Å². The standard InChI is InChI=1S/C15H21N3O/c1-10(2)7-13(9-16)18-15(19)12-4-3-11-5-6-17-14(11)8-12/h3-6,8,10,13,17H,7,9,16H2,1-2H3,(H,18,19). The second kappa shape index (κ2) is 5.89. The monoisotopic (exact) mass is 259 g/mol. The van der Waals surface area contributed by atoms with Gasteiger partial charge < -0.3 is 16.0 Å². The fourth-order valence-electron chi connectivity index (χ4n) is 2.24. The van der Waals surface area contributed by atoms with Crippen LogP contribution in [0.1, 0.15) is 30.6 Å². The summed E-state index contributed by atoms with van der Waals surface area (Å²) in [7, 11) is 0. The molecule has 1 unspecified atom stereocenters. The number of hydrogen-bond acceptors (Lipinski definition) is 2. The van der Waals surface area contributed by atoms with Gasteiger partial charge in [0.2, 0.25) is 0 Å². The number of carbonyl (C=O) groups is 1. The maximum absolute atomic E-state index is 12.2. The molecule has 102 valence electrons. The van der Waals surface area contributed by atoms with Crippen LogP contribution in [-0.2, 0) is 0 Å². The van der Waals surface area contributed by atoms with E-state index in [1.54, 1.807) is 0 Å². The Bertz CT molecular complexity index is 559. The first-order chi connectivity index (χ1) is 9.10. The number of H-pyrrole nitrogens is 1. The van der Waals surface area contributed by atoms with E-state index < -0.39 is 0 Å². The summed E-state index contributed by atoms with van der Waals surface area (Å²) >= 11 is 0. The lowest BCUT2D eigenvalue weighted by Crippen LogP contribution is -2.41. The van der Waals surface area contributed by atoms with E-state index >= 15 is 0 Å². The van der Waals surface area contributed by atoms with Crippen LogP contribution >= 0.6 is 0 Å². The Hall–Kier alpha value is -1.81. The number of benzene rings is 1. The molecule has 1 atom stereocenters. The van der Waals surface area contributed by atoms with Crippen LogP contribution < -0.4 is 11.1 Å². The number of nitrogens with two attached hydrogens (primary N) is 1. The average Bonchev–Trinajstić information content (AvgIpc) is 2.84. The molecule has 1 heterocycles. The highest BCUT2D eigenvalue weighted by molar-refractivity contribution is 5.98. The third-order valence-electron chi connectivity index (χ3n) is 3.19. The zero-order chi connectivity index (χ0) is 13.8. The van der Waals surface area contributed by atoms with Gasteiger partial charge in [0.1, 0.15) is 0 Å². The van der Waals surface area contributed by atoms with Crippen molar-refractivity contribution in [2.75, 3.05) is 6.54 Å². The van der Waals surface area contributed by atoms with Gasteiger partial charge in [0, 0.05) is 29.9 Å². The van der Waals surface area contributed by atoms with Gasteiger partial charge in [-0.3, -0.25) is 4.79 Å². The molecule has 4 heteroatoms. The van der Waals surface area contributed by atoms with E-state index in [1.165, 1.54) is 0 Å². The number of nitrogens with one attached hydrogen (secondary N) is 2. The van der Waals surface area contributed by atoms with Gasteiger partial charge in [0.05, 0.1) is 0 Å². The normalized spacial score (nSPS) is 12.8. The third-order valence-corrected chi connectivity index (χ3v) is 3.19. The van der Waals surface area contributed by atoms with E-state index in [-0.39, 0.29) is 11.9 Å². The Morgan fingerprint density at radius 3 is 2.84 bits per heavy atom. The molecule has 0 aliphatic heterocycles. The zero-order valence-corrected chi connectivity index (χ0v) is 11.4. The molecule has 4 N–H and O–H groups in total. The lowest BCUT2D eigenvalue weighted by atomic mass is 10.0. The topological polar surface area (TPSA) is 70.9 Å². The Labute approximate surface area is 113 Å². The third kappa shape index (κ3) is 3.35. The molecule has 0 aliphatic rings. The second-order valence-electron chi connectivity index (χ2n) is 5.32. The fourth-order valence-corrected chi connectivity index (χ4v) is 2.24. The van der Waals surface area contributed by atoms with E-state index in [4.69, 9.17) is 5.73 Å². The summed E-state index contributed by atoms with van der Waals surface area (Å²) in [6.07, 6.45) is 2.76. The minimum atomic E-state index is -0.0624. The molecule has 0 saturated heterocycles. The van der Waals surface area contributed by atoms with Crippen LogP contribution in [0.2, 0.25) is 0 Å². The van der Waals surface area contributed by atoms with Crippen molar-refractivity contribution < 1.29 is 4.79 Å². The summed E-state index contributed by atoms with van der Waals surface area (Å²) in [5.41, 5.74) is 7.34. The van der Waals surface area contributed by atoms with Crippen molar-refractivity contribution in [1.29, 1.82) is 0 Å². The molecule has 0 fully saturated rings. The molecule has 0 bridgehead atoms. The Kier molecular flexibility index (Phi) is 4.22. The summed E-state index contributed by atoms with van der Waals surface area (Å²) in [5, 5.41) is 4.10. The van der Waals surface area contributed by atoms with Crippen LogP contribution in [0.15, 0.2) is 30.5 Å². The molecule has 0 aliphatic carbocycles. The van der Waals surface area contributed by atoms with E-state index in [0.717, 1.165) is 17.3 Å². The highest BCUT2D eigenvalue weighted by Crippen LogP contribution is 2.14. The number of carbonyl (C=O) groups excluding carboxylic acids is 1. The van der Waals surface area contributed by atoms with Crippen molar-refractivity contribution >= 4 is 16.8 Å². The SMILES string of the molecule is CC(C)CC(CN)NC(=O)c1ccc2cc[nH]c2c1. The average molecular weight is 259 g/mol. The van der Waals surface area contributed by atoms with Gasteiger partial charge in [-0.1, -0.05) is 19.9 Å². The van der Waals surface area contributed by atoms with Crippen LogP contribution in [0.4, 0.5) is 0 Å². The molecule has 2 aromatic rings. The first-order valence-corrected chi connectivity index (χ1v) is 6.68. The first kappa shape index (κ1) is 13.6. The molecule has 2 rings (SSSR count). The van der Waals surface area contributed by atoms with Crippen LogP contribution in [0.5, 0.6) is 0 Å². The van der Waals surface area contributed by atoms with Crippen LogP contribution in [0, 0.1) is 5.92 Å².